The molecule has 2 aromatic carbocycles. The summed E-state index contributed by atoms with van der Waals surface area (Å²) in [5, 5.41) is 11.5. The van der Waals surface area contributed by atoms with Crippen LogP contribution < -0.4 is 0 Å². The molecule has 8 heteroatoms. The monoisotopic (exact) mass is 658 g/mol. The predicted molar refractivity (Wildman–Crippen MR) is 193 cm³/mol. The summed E-state index contributed by atoms with van der Waals surface area (Å²) in [6.07, 6.45) is 12.6. The lowest BCUT2D eigenvalue weighted by molar-refractivity contribution is 0.384. The molecule has 5 rings (SSSR count). The molecule has 5 nitrogen and oxygen atoms in total. The highest BCUT2D eigenvalue weighted by Gasteiger charge is 2.23. The first-order chi connectivity index (χ1) is 21.8. The van der Waals surface area contributed by atoms with Gasteiger partial charge in [0, 0.05) is 47.9 Å². The third kappa shape index (κ3) is 7.54. The number of para-hydroxylation sites is 1. The van der Waals surface area contributed by atoms with Crippen LogP contribution in [-0.2, 0) is 24.0 Å². The van der Waals surface area contributed by atoms with Crippen molar-refractivity contribution in [2.24, 2.45) is 0 Å². The number of rotatable bonds is 15. The van der Waals surface area contributed by atoms with Crippen LogP contribution in [0.5, 0.6) is 0 Å². The van der Waals surface area contributed by atoms with Crippen LogP contribution in [0.15, 0.2) is 59.9 Å². The lowest BCUT2D eigenvalue weighted by Crippen LogP contribution is -1.92. The third-order valence-corrected chi connectivity index (χ3v) is 11.9. The molecule has 0 saturated carbocycles. The van der Waals surface area contributed by atoms with Gasteiger partial charge in [-0.25, -0.2) is 0 Å². The van der Waals surface area contributed by atoms with Crippen LogP contribution in [-0.4, -0.2) is 14.4 Å². The minimum absolute atomic E-state index is 0.490. The van der Waals surface area contributed by atoms with Crippen molar-refractivity contribution < 1.29 is 14.4 Å². The molecule has 0 saturated heterocycles. The summed E-state index contributed by atoms with van der Waals surface area (Å²) in [5.41, 5.74) is 6.30. The van der Waals surface area contributed by atoms with E-state index in [1.54, 1.807) is 6.07 Å². The van der Waals surface area contributed by atoms with Crippen molar-refractivity contribution in [2.45, 2.75) is 91.5 Å². The van der Waals surface area contributed by atoms with E-state index in [-0.39, 0.29) is 0 Å². The minimum atomic E-state index is -4.64. The fourth-order valence-electron chi connectivity index (χ4n) is 6.22. The number of nitriles is 1. The summed E-state index contributed by atoms with van der Waals surface area (Å²) in [4.78, 5) is 23.8. The topological polar surface area (TPSA) is 86.2 Å². The first-order valence-corrected chi connectivity index (χ1v) is 19.5. The van der Waals surface area contributed by atoms with Gasteiger partial charge in [-0.1, -0.05) is 76.6 Å². The third-order valence-electron chi connectivity index (χ3n) is 8.52. The number of allylic oxidation sites excluding steroid dienone is 1. The van der Waals surface area contributed by atoms with Crippen molar-refractivity contribution >= 4 is 58.2 Å². The van der Waals surface area contributed by atoms with E-state index in [2.05, 4.69) is 73.9 Å². The van der Waals surface area contributed by atoms with Gasteiger partial charge >= 0.3 is 7.60 Å². The van der Waals surface area contributed by atoms with Crippen LogP contribution in [0.3, 0.4) is 0 Å². The van der Waals surface area contributed by atoms with Gasteiger partial charge < -0.3 is 14.4 Å². The molecule has 5 aromatic rings. The molecule has 0 bridgehead atoms. The smallest absolute Gasteiger partial charge is 0.341 e. The van der Waals surface area contributed by atoms with E-state index >= 15 is 0 Å². The fourth-order valence-corrected chi connectivity index (χ4v) is 9.24. The number of thiophene rings is 2. The number of aryl methyl sites for hydroxylation is 3. The summed E-state index contributed by atoms with van der Waals surface area (Å²) >= 11 is 3.35. The van der Waals surface area contributed by atoms with E-state index in [0.29, 0.717) is 4.88 Å². The van der Waals surface area contributed by atoms with Gasteiger partial charge in [0.2, 0.25) is 0 Å². The zero-order valence-electron chi connectivity index (χ0n) is 26.5. The molecule has 0 aliphatic rings. The Morgan fingerprint density at radius 3 is 2.13 bits per heavy atom. The molecule has 0 aliphatic carbocycles. The number of unbranched alkanes of at least 4 members (excludes halogenated alkanes) is 6. The molecule has 0 aliphatic heterocycles. The molecular formula is C37H43N2O3PS2. The first-order valence-electron chi connectivity index (χ1n) is 16.2. The quantitative estimate of drug-likeness (QED) is 0.0666. The second-order valence-electron chi connectivity index (χ2n) is 11.8. The summed E-state index contributed by atoms with van der Waals surface area (Å²) < 4.78 is 14.3. The molecule has 0 fully saturated rings. The fraction of sp³-hybridized carbons (Fsp3) is 0.378. The van der Waals surface area contributed by atoms with E-state index in [0.717, 1.165) is 49.9 Å². The van der Waals surface area contributed by atoms with E-state index in [4.69, 9.17) is 0 Å². The normalized spacial score (nSPS) is 12.4. The molecule has 0 radical (unpaired) electrons. The van der Waals surface area contributed by atoms with Crippen molar-refractivity contribution in [1.29, 1.82) is 5.26 Å². The Hall–Kier alpha value is -2.98. The van der Waals surface area contributed by atoms with Gasteiger partial charge in [-0.05, 0) is 85.7 Å². The SMILES string of the molecule is CCCCCCc1cc(-c2sc(/C=C(\C#N)P(=O)(O)O)cc2CCCCCC)sc1-c1ccc2c(c1)c1ccccc1n2CC. The Kier molecular flexibility index (Phi) is 11.2. The van der Waals surface area contributed by atoms with Crippen molar-refractivity contribution in [3.8, 4) is 26.3 Å². The highest BCUT2D eigenvalue weighted by Crippen LogP contribution is 2.48. The van der Waals surface area contributed by atoms with Gasteiger partial charge in [-0.3, -0.25) is 4.57 Å². The molecule has 0 amide bonds. The lowest BCUT2D eigenvalue weighted by Gasteiger charge is -2.06. The summed E-state index contributed by atoms with van der Waals surface area (Å²) in [6.45, 7) is 7.56. The standard InChI is InChI=1S/C37H43N2O3PS2/c1-4-7-9-11-15-26-21-30(24-29(25-38)43(40,41)42)44-37(26)35-23-27(16-12-10-8-5-2)36(45-35)28-19-20-34-32(22-28)31-17-13-14-18-33(31)39(34)6-3/h13-14,17-24H,4-12,15-16H2,1-3H3,(H2,40,41,42)/b29-24+. The van der Waals surface area contributed by atoms with Gasteiger partial charge in [0.15, 0.2) is 0 Å². The van der Waals surface area contributed by atoms with E-state index in [1.165, 1.54) is 91.3 Å². The van der Waals surface area contributed by atoms with Gasteiger partial charge in [-0.2, -0.15) is 5.26 Å². The molecule has 0 atom stereocenters. The number of hydrogen-bond donors (Lipinski definition) is 2. The molecule has 0 spiro atoms. The lowest BCUT2D eigenvalue weighted by atomic mass is 10.0. The molecule has 236 valence electrons. The van der Waals surface area contributed by atoms with E-state index in [9.17, 15) is 19.6 Å². The van der Waals surface area contributed by atoms with Gasteiger partial charge in [0.25, 0.3) is 0 Å². The number of benzene rings is 2. The first kappa shape index (κ1) is 33.4. The van der Waals surface area contributed by atoms with E-state index < -0.39 is 12.9 Å². The average molecular weight is 659 g/mol. The van der Waals surface area contributed by atoms with Crippen LogP contribution in [0.2, 0.25) is 0 Å². The summed E-state index contributed by atoms with van der Waals surface area (Å²) in [7, 11) is -4.64. The maximum Gasteiger partial charge on any atom is 0.366 e. The largest absolute Gasteiger partial charge is 0.366 e. The highest BCUT2D eigenvalue weighted by molar-refractivity contribution is 7.57. The van der Waals surface area contributed by atoms with Gasteiger partial charge in [0.1, 0.15) is 11.4 Å². The van der Waals surface area contributed by atoms with Crippen LogP contribution >= 0.6 is 30.3 Å². The number of hydrogen-bond acceptors (Lipinski definition) is 4. The zero-order chi connectivity index (χ0) is 32.0. The Morgan fingerprint density at radius 1 is 0.822 bits per heavy atom. The van der Waals surface area contributed by atoms with Crippen molar-refractivity contribution in [3.05, 3.63) is 75.9 Å². The maximum absolute atomic E-state index is 11.9. The second kappa shape index (κ2) is 15.1. The number of nitrogens with zero attached hydrogens (tertiary/aromatic N) is 2. The zero-order valence-corrected chi connectivity index (χ0v) is 29.0. The Labute approximate surface area is 275 Å². The summed E-state index contributed by atoms with van der Waals surface area (Å²) in [5.74, 6) is 0. The molecule has 2 N–H and O–H groups in total. The van der Waals surface area contributed by atoms with Crippen molar-refractivity contribution in [1.82, 2.24) is 4.57 Å². The minimum Gasteiger partial charge on any atom is -0.341 e. The number of aromatic nitrogens is 1. The molecule has 3 aromatic heterocycles. The van der Waals surface area contributed by atoms with Crippen molar-refractivity contribution in [2.75, 3.05) is 0 Å². The molecular weight excluding hydrogens is 616 g/mol. The predicted octanol–water partition coefficient (Wildman–Crippen LogP) is 11.6. The van der Waals surface area contributed by atoms with Crippen molar-refractivity contribution in [3.63, 3.8) is 0 Å². The summed E-state index contributed by atoms with van der Waals surface area (Å²) in [6, 6.07) is 21.7. The Balaban J connectivity index is 1.62. The highest BCUT2D eigenvalue weighted by atomic mass is 32.1. The Morgan fingerprint density at radius 2 is 1.49 bits per heavy atom. The van der Waals surface area contributed by atoms with Crippen LogP contribution in [0.1, 0.15) is 88.1 Å². The van der Waals surface area contributed by atoms with Crippen LogP contribution in [0.25, 0.3) is 48.1 Å². The molecule has 45 heavy (non-hydrogen) atoms. The van der Waals surface area contributed by atoms with Crippen LogP contribution in [0, 0.1) is 11.3 Å². The molecule has 0 unspecified atom stereocenters. The average Bonchev–Trinajstić information content (AvgIpc) is 3.73. The van der Waals surface area contributed by atoms with Crippen LogP contribution in [0.4, 0.5) is 0 Å². The molecule has 3 heterocycles. The van der Waals surface area contributed by atoms with Gasteiger partial charge in [-0.15, -0.1) is 22.7 Å². The Bertz CT molecular complexity index is 1900. The number of fused-ring (bicyclic) bond motifs is 3. The maximum atomic E-state index is 11.9. The van der Waals surface area contributed by atoms with Gasteiger partial charge in [0.05, 0.1) is 0 Å². The second-order valence-corrected chi connectivity index (χ2v) is 15.5. The van der Waals surface area contributed by atoms with E-state index in [1.807, 2.05) is 17.4 Å².